The maximum absolute atomic E-state index is 12.7. The average molecular weight is 388 g/mol. The maximum Gasteiger partial charge on any atom is 0.224 e. The minimum atomic E-state index is 0. The van der Waals surface area contributed by atoms with Gasteiger partial charge in [0.15, 0.2) is 0 Å². The highest BCUT2D eigenvalue weighted by atomic mass is 35.5. The van der Waals surface area contributed by atoms with Crippen molar-refractivity contribution in [2.24, 2.45) is 23.5 Å². The molecule has 1 heterocycles. The van der Waals surface area contributed by atoms with Crippen molar-refractivity contribution in [1.82, 2.24) is 10.2 Å². The van der Waals surface area contributed by atoms with E-state index in [0.29, 0.717) is 30.9 Å². The number of hydrogen-bond donors (Lipinski definition) is 2. The van der Waals surface area contributed by atoms with Gasteiger partial charge in [0.05, 0.1) is 13.0 Å². The summed E-state index contributed by atoms with van der Waals surface area (Å²) in [6.45, 7) is 1.93. The van der Waals surface area contributed by atoms with Gasteiger partial charge in [0.1, 0.15) is 0 Å². The van der Waals surface area contributed by atoms with E-state index in [1.165, 1.54) is 19.3 Å². The number of methoxy groups -OCH3 is 1. The topological polar surface area (TPSA) is 84.7 Å². The number of rotatable bonds is 5. The Labute approximate surface area is 163 Å². The molecule has 1 aliphatic heterocycles. The lowest BCUT2D eigenvalue weighted by molar-refractivity contribution is -0.133. The smallest absolute Gasteiger partial charge is 0.224 e. The second-order valence-corrected chi connectivity index (χ2v) is 8.10. The molecular weight excluding hydrogens is 354 g/mol. The summed E-state index contributed by atoms with van der Waals surface area (Å²) >= 11 is 0. The Morgan fingerprint density at radius 3 is 2.31 bits per heavy atom. The molecule has 0 spiro atoms. The highest BCUT2D eigenvalue weighted by Gasteiger charge is 2.40. The van der Waals surface area contributed by atoms with Crippen LogP contribution in [0.3, 0.4) is 0 Å². The molecule has 2 atom stereocenters. The number of nitrogens with zero attached hydrogens (tertiary/aromatic N) is 1. The third-order valence-electron chi connectivity index (χ3n) is 6.50. The lowest BCUT2D eigenvalue weighted by atomic mass is 9.65. The van der Waals surface area contributed by atoms with Gasteiger partial charge in [-0.3, -0.25) is 9.59 Å². The number of likely N-dealkylation sites (tertiary alicyclic amines) is 1. The normalized spacial score (nSPS) is 31.8. The van der Waals surface area contributed by atoms with Crippen LogP contribution in [-0.4, -0.2) is 55.6 Å². The van der Waals surface area contributed by atoms with Crippen molar-refractivity contribution < 1.29 is 14.3 Å². The van der Waals surface area contributed by atoms with E-state index in [1.807, 2.05) is 4.90 Å². The molecule has 0 radical (unpaired) electrons. The fourth-order valence-corrected chi connectivity index (χ4v) is 4.94. The van der Waals surface area contributed by atoms with Gasteiger partial charge in [-0.25, -0.2) is 0 Å². The van der Waals surface area contributed by atoms with Gasteiger partial charge in [0.2, 0.25) is 11.8 Å². The number of nitrogens with one attached hydrogen (secondary N) is 1. The number of amides is 2. The van der Waals surface area contributed by atoms with Gasteiger partial charge in [-0.05, 0) is 50.4 Å². The van der Waals surface area contributed by atoms with Crippen LogP contribution < -0.4 is 11.1 Å². The molecule has 0 aromatic heterocycles. The molecule has 2 aliphatic carbocycles. The molecule has 3 rings (SSSR count). The standard InChI is InChI=1S/C19H33N3O3.ClH/c1-25-10-7-17(23)22-8-5-16(6-9-22)21-19(24)15-11-13-3-2-4-14(12-15)18(13)20;/h13-16,18H,2-12,20H2,1H3,(H,21,24);1H. The zero-order valence-electron chi connectivity index (χ0n) is 15.8. The number of hydrogen-bond acceptors (Lipinski definition) is 4. The van der Waals surface area contributed by atoms with E-state index < -0.39 is 0 Å². The Balaban J connectivity index is 0.00000243. The van der Waals surface area contributed by atoms with Gasteiger partial charge in [0, 0.05) is 38.2 Å². The molecule has 2 bridgehead atoms. The molecule has 3 fully saturated rings. The minimum absolute atomic E-state index is 0. The predicted octanol–water partition coefficient (Wildman–Crippen LogP) is 1.71. The summed E-state index contributed by atoms with van der Waals surface area (Å²) in [6.07, 6.45) is 7.70. The first kappa shape index (κ1) is 21.5. The first-order chi connectivity index (χ1) is 12.1. The number of fused-ring (bicyclic) bond motifs is 2. The van der Waals surface area contributed by atoms with Crippen LogP contribution in [0.4, 0.5) is 0 Å². The molecule has 7 heteroatoms. The van der Waals surface area contributed by atoms with E-state index in [2.05, 4.69) is 5.32 Å². The van der Waals surface area contributed by atoms with E-state index in [-0.39, 0.29) is 36.2 Å². The fraction of sp³-hybridized carbons (Fsp3) is 0.895. The zero-order valence-corrected chi connectivity index (χ0v) is 16.6. The summed E-state index contributed by atoms with van der Waals surface area (Å²) < 4.78 is 4.97. The van der Waals surface area contributed by atoms with E-state index in [0.717, 1.165) is 38.8 Å². The SMILES string of the molecule is COCCC(=O)N1CCC(NC(=O)C2CC3CCCC(C2)C3N)CC1.Cl. The van der Waals surface area contributed by atoms with Crippen molar-refractivity contribution in [3.8, 4) is 0 Å². The third kappa shape index (κ3) is 5.11. The average Bonchev–Trinajstić information content (AvgIpc) is 2.60. The summed E-state index contributed by atoms with van der Waals surface area (Å²) in [4.78, 5) is 26.6. The van der Waals surface area contributed by atoms with Gasteiger partial charge < -0.3 is 20.7 Å². The maximum atomic E-state index is 12.7. The van der Waals surface area contributed by atoms with Crippen LogP contribution in [0.15, 0.2) is 0 Å². The van der Waals surface area contributed by atoms with E-state index in [4.69, 9.17) is 10.5 Å². The first-order valence-corrected chi connectivity index (χ1v) is 9.91. The van der Waals surface area contributed by atoms with Crippen molar-refractivity contribution in [2.45, 2.75) is 63.5 Å². The highest BCUT2D eigenvalue weighted by molar-refractivity contribution is 5.85. The van der Waals surface area contributed by atoms with E-state index >= 15 is 0 Å². The monoisotopic (exact) mass is 387 g/mol. The zero-order chi connectivity index (χ0) is 17.8. The third-order valence-corrected chi connectivity index (χ3v) is 6.50. The van der Waals surface area contributed by atoms with Crippen LogP contribution in [-0.2, 0) is 14.3 Å². The number of nitrogens with two attached hydrogens (primary N) is 1. The minimum Gasteiger partial charge on any atom is -0.384 e. The van der Waals surface area contributed by atoms with Gasteiger partial charge >= 0.3 is 0 Å². The fourth-order valence-electron chi connectivity index (χ4n) is 4.94. The second kappa shape index (κ2) is 9.90. The number of piperidine rings is 1. The molecule has 3 aliphatic rings. The van der Waals surface area contributed by atoms with Gasteiger partial charge in [-0.1, -0.05) is 6.42 Å². The van der Waals surface area contributed by atoms with E-state index in [1.54, 1.807) is 7.11 Å². The summed E-state index contributed by atoms with van der Waals surface area (Å²) in [5.41, 5.74) is 6.33. The van der Waals surface area contributed by atoms with Gasteiger partial charge in [-0.15, -0.1) is 12.4 Å². The summed E-state index contributed by atoms with van der Waals surface area (Å²) in [5.74, 6) is 1.57. The number of carbonyl (C=O) groups excluding carboxylic acids is 2. The van der Waals surface area contributed by atoms with Crippen molar-refractivity contribution in [3.05, 3.63) is 0 Å². The van der Waals surface area contributed by atoms with Crippen LogP contribution in [0.2, 0.25) is 0 Å². The van der Waals surface area contributed by atoms with Crippen molar-refractivity contribution in [2.75, 3.05) is 26.8 Å². The van der Waals surface area contributed by atoms with Crippen molar-refractivity contribution >= 4 is 24.2 Å². The first-order valence-electron chi connectivity index (χ1n) is 9.91. The molecule has 150 valence electrons. The highest BCUT2D eigenvalue weighted by Crippen LogP contribution is 2.41. The molecule has 2 amide bonds. The molecular formula is C19H34ClN3O3. The molecule has 3 N–H and O–H groups in total. The molecule has 2 unspecified atom stereocenters. The number of halogens is 1. The molecule has 6 nitrogen and oxygen atoms in total. The molecule has 26 heavy (non-hydrogen) atoms. The quantitative estimate of drug-likeness (QED) is 0.752. The van der Waals surface area contributed by atoms with Crippen molar-refractivity contribution in [1.29, 1.82) is 0 Å². The Bertz CT molecular complexity index is 469. The molecule has 1 saturated heterocycles. The Morgan fingerprint density at radius 1 is 1.12 bits per heavy atom. The Kier molecular flexibility index (Phi) is 8.17. The van der Waals surface area contributed by atoms with Crippen LogP contribution in [0.1, 0.15) is 51.4 Å². The summed E-state index contributed by atoms with van der Waals surface area (Å²) in [5, 5.41) is 3.25. The van der Waals surface area contributed by atoms with Crippen LogP contribution in [0.25, 0.3) is 0 Å². The second-order valence-electron chi connectivity index (χ2n) is 8.10. The lowest BCUT2D eigenvalue weighted by Crippen LogP contribution is -2.52. The van der Waals surface area contributed by atoms with Crippen LogP contribution >= 0.6 is 12.4 Å². The summed E-state index contributed by atoms with van der Waals surface area (Å²) in [7, 11) is 1.61. The van der Waals surface area contributed by atoms with Crippen molar-refractivity contribution in [3.63, 3.8) is 0 Å². The largest absolute Gasteiger partial charge is 0.384 e. The van der Waals surface area contributed by atoms with Gasteiger partial charge in [-0.2, -0.15) is 0 Å². The molecule has 0 aromatic rings. The number of carbonyl (C=O) groups is 2. The predicted molar refractivity (Wildman–Crippen MR) is 103 cm³/mol. The molecule has 0 aromatic carbocycles. The van der Waals surface area contributed by atoms with Gasteiger partial charge in [0.25, 0.3) is 0 Å². The summed E-state index contributed by atoms with van der Waals surface area (Å²) in [6, 6.07) is 0.508. The lowest BCUT2D eigenvalue weighted by Gasteiger charge is -2.44. The number of ether oxygens (including phenoxy) is 1. The van der Waals surface area contributed by atoms with Crippen LogP contribution in [0, 0.1) is 17.8 Å². The molecule has 2 saturated carbocycles. The van der Waals surface area contributed by atoms with Crippen LogP contribution in [0.5, 0.6) is 0 Å². The Hall–Kier alpha value is -0.850. The van der Waals surface area contributed by atoms with E-state index in [9.17, 15) is 9.59 Å². The Morgan fingerprint density at radius 2 is 1.73 bits per heavy atom.